The summed E-state index contributed by atoms with van der Waals surface area (Å²) in [5.74, 6) is 3.80. The van der Waals surface area contributed by atoms with Gasteiger partial charge in [-0.1, -0.05) is 133 Å². The molecule has 16 rings (SSSR count). The normalized spacial score (nSPS) is 11.3. The van der Waals surface area contributed by atoms with E-state index >= 15 is 0 Å². The molecular weight excluding hydrogens is 1620 g/mol. The monoisotopic (exact) mass is 1730 g/mol. The van der Waals surface area contributed by atoms with Gasteiger partial charge in [-0.15, -0.1) is 0 Å². The molecule has 124 heavy (non-hydrogen) atoms. The van der Waals surface area contributed by atoms with Crippen LogP contribution in [0.15, 0.2) is 286 Å². The molecule has 0 aliphatic carbocycles. The summed E-state index contributed by atoms with van der Waals surface area (Å²) in [6, 6.07) is 93.9. The molecular formula is C107H105BCuFeN9O5-. The molecule has 14 nitrogen and oxygen atoms in total. The van der Waals surface area contributed by atoms with Gasteiger partial charge >= 0.3 is 17.1 Å². The molecule has 8 aromatic carbocycles. The summed E-state index contributed by atoms with van der Waals surface area (Å²) in [5, 5.41) is 3.30. The molecule has 0 saturated carbocycles. The van der Waals surface area contributed by atoms with E-state index in [-0.39, 0.29) is 62.9 Å². The first-order chi connectivity index (χ1) is 58.1. The van der Waals surface area contributed by atoms with Gasteiger partial charge in [-0.2, -0.15) is 21.9 Å². The molecule has 8 heterocycles. The molecule has 0 unspecified atom stereocenters. The Bertz CT molecular complexity index is 5600. The van der Waals surface area contributed by atoms with E-state index in [1.165, 1.54) is 80.1 Å². The molecule has 17 heteroatoms. The Morgan fingerprint density at radius 1 is 0.323 bits per heavy atom. The second-order valence-electron chi connectivity index (χ2n) is 32.3. The van der Waals surface area contributed by atoms with Gasteiger partial charge in [0, 0.05) is 167 Å². The van der Waals surface area contributed by atoms with Crippen LogP contribution < -0.4 is 47.1 Å². The van der Waals surface area contributed by atoms with Crippen LogP contribution in [-0.4, -0.2) is 49.3 Å². The summed E-state index contributed by atoms with van der Waals surface area (Å²) in [7, 11) is 0. The first-order valence-electron chi connectivity index (χ1n) is 41.1. The zero-order valence-corrected chi connectivity index (χ0v) is 75.7. The number of rotatable bonds is 16. The maximum atomic E-state index is 14.6. The van der Waals surface area contributed by atoms with Crippen LogP contribution in [0.2, 0.25) is 0 Å². The first kappa shape index (κ1) is 95.2. The van der Waals surface area contributed by atoms with Crippen molar-refractivity contribution in [1.29, 1.82) is 0 Å². The van der Waals surface area contributed by atoms with Crippen LogP contribution >= 0.6 is 0 Å². The molecule has 15 aromatic rings. The molecule has 631 valence electrons. The zero-order chi connectivity index (χ0) is 86.2. The summed E-state index contributed by atoms with van der Waals surface area (Å²) in [5.41, 5.74) is 32.0. The number of carbonyl (C=O) groups excluding carboxylic acids is 4. The number of hydrogen-bond donors (Lipinski definition) is 1. The van der Waals surface area contributed by atoms with Crippen molar-refractivity contribution >= 4 is 56.9 Å². The van der Waals surface area contributed by atoms with E-state index < -0.39 is 6.15 Å². The van der Waals surface area contributed by atoms with Crippen molar-refractivity contribution in [1.82, 2.24) is 39.8 Å². The number of fused-ring (bicyclic) bond motifs is 8. The van der Waals surface area contributed by atoms with Gasteiger partial charge in [-0.3, -0.25) is 30.0 Å². The average Bonchev–Trinajstić information content (AvgIpc) is 1.13. The molecule has 8 bridgehead atoms. The fraction of sp³-hybridized carbons (Fsp3) is 0.187. The van der Waals surface area contributed by atoms with Gasteiger partial charge in [0.15, 0.2) is 0 Å². The van der Waals surface area contributed by atoms with Gasteiger partial charge in [0.2, 0.25) is 0 Å². The molecule has 1 N–H and O–H groups in total. The minimum atomic E-state index is -1.22. The number of anilines is 1. The maximum absolute atomic E-state index is 14.6. The van der Waals surface area contributed by atoms with E-state index in [1.54, 1.807) is 6.20 Å². The molecule has 0 atom stereocenters. The number of ketones is 3. The SMILES string of the molecule is CC(C)=O.CC(C)=O.CC(C)=O.Cc1ccc(CN(Cc2ccc(C)cn2)Cc2ccc(C(=O)Nc3ccccc3[C+]3c4ccc([n-]4)[C+](c4c(C)cc(C)cc4C)c4ccc([n-]4)[C+](c4c(C)cc(C)cc4C)c4ccc([n-]4)[C+](c4c(C)cc(C)cc4C)c4ccc3[n-]4)cn2)nc1.[Cu+2].[Fe].[O-2].c1ccc([B-](c2ccccc2)(c2ccccc2)c2ccccc2)cc1. The van der Waals surface area contributed by atoms with Gasteiger partial charge in [-0.25, -0.2) is 0 Å². The summed E-state index contributed by atoms with van der Waals surface area (Å²) < 4.78 is 0. The summed E-state index contributed by atoms with van der Waals surface area (Å²) in [6.07, 6.45) is 4.23. The van der Waals surface area contributed by atoms with Crippen LogP contribution in [0.1, 0.15) is 198 Å². The number of amides is 1. The van der Waals surface area contributed by atoms with E-state index in [9.17, 15) is 19.2 Å². The number of benzene rings is 8. The number of carbonyl (C=O) groups is 4. The van der Waals surface area contributed by atoms with Gasteiger partial charge in [0.1, 0.15) is 34.7 Å². The Morgan fingerprint density at radius 2 is 0.573 bits per heavy atom. The van der Waals surface area contributed by atoms with Crippen LogP contribution in [-0.2, 0) is 73.6 Å². The molecule has 0 fully saturated rings. The third-order valence-electron chi connectivity index (χ3n) is 21.2. The fourth-order valence-corrected chi connectivity index (χ4v) is 16.7. The van der Waals surface area contributed by atoms with Crippen LogP contribution in [0.3, 0.4) is 0 Å². The van der Waals surface area contributed by atoms with Crippen molar-refractivity contribution in [3.8, 4) is 0 Å². The van der Waals surface area contributed by atoms with E-state index in [0.29, 0.717) is 42.3 Å². The number of Topliss-reactive ketones (excluding diaryl/α,β-unsaturated/α-hetero) is 3. The number of aryl methyl sites for hydroxylation is 11. The van der Waals surface area contributed by atoms with E-state index in [4.69, 9.17) is 34.9 Å². The van der Waals surface area contributed by atoms with Crippen molar-refractivity contribution < 1.29 is 58.8 Å². The van der Waals surface area contributed by atoms with Crippen LogP contribution in [0.5, 0.6) is 0 Å². The van der Waals surface area contributed by atoms with Crippen molar-refractivity contribution in [3.05, 3.63) is 461 Å². The minimum absolute atomic E-state index is 0. The van der Waals surface area contributed by atoms with Gasteiger partial charge in [0.25, 0.3) is 5.91 Å². The molecule has 1 aliphatic heterocycles. The molecule has 7 aromatic heterocycles. The van der Waals surface area contributed by atoms with Crippen LogP contribution in [0.25, 0.3) is 0 Å². The Hall–Kier alpha value is -12.7. The van der Waals surface area contributed by atoms with Crippen molar-refractivity contribution in [2.24, 2.45) is 0 Å². The number of aromatic nitrogens is 7. The molecule has 0 saturated heterocycles. The van der Waals surface area contributed by atoms with E-state index in [2.05, 4.69) is 303 Å². The largest absolute Gasteiger partial charge is 2.00 e. The smallest absolute Gasteiger partial charge is 2.00 e. The second-order valence-corrected chi connectivity index (χ2v) is 32.3. The topological polar surface area (TPSA) is 207 Å². The van der Waals surface area contributed by atoms with Crippen LogP contribution in [0, 0.1) is 99.8 Å². The molecule has 0 spiro atoms. The number of hydrogen-bond acceptors (Lipinski definition) is 8. The number of nitrogens with zero attached hydrogens (tertiary/aromatic N) is 8. The average molecular weight is 1730 g/mol. The van der Waals surface area contributed by atoms with E-state index in [1.807, 2.05) is 62.6 Å². The summed E-state index contributed by atoms with van der Waals surface area (Å²) in [4.78, 5) is 82.0. The third kappa shape index (κ3) is 23.0. The first-order valence-corrected chi connectivity index (χ1v) is 41.1. The number of para-hydroxylation sites is 1. The predicted molar refractivity (Wildman–Crippen MR) is 493 cm³/mol. The second kappa shape index (κ2) is 43.4. The summed E-state index contributed by atoms with van der Waals surface area (Å²) in [6.45, 7) is 34.5. The molecule has 1 amide bonds. The van der Waals surface area contributed by atoms with Gasteiger partial charge in [0.05, 0.1) is 39.3 Å². The Labute approximate surface area is 753 Å². The third-order valence-corrected chi connectivity index (χ3v) is 21.2. The quantitative estimate of drug-likeness (QED) is 0.0708. The van der Waals surface area contributed by atoms with Crippen LogP contribution in [0.4, 0.5) is 5.69 Å². The minimum Gasteiger partial charge on any atom is -2.00 e. The van der Waals surface area contributed by atoms with Gasteiger partial charge in [-0.05, 0) is 270 Å². The Morgan fingerprint density at radius 3 is 0.831 bits per heavy atom. The summed E-state index contributed by atoms with van der Waals surface area (Å²) >= 11 is 0. The Balaban J connectivity index is 0.000000361. The van der Waals surface area contributed by atoms with Gasteiger partial charge < -0.3 is 39.8 Å². The molecule has 1 aliphatic rings. The van der Waals surface area contributed by atoms with Crippen molar-refractivity contribution in [3.63, 3.8) is 0 Å². The van der Waals surface area contributed by atoms with E-state index in [0.717, 1.165) is 142 Å². The predicted octanol–water partition coefficient (Wildman–Crippen LogP) is 18.7. The fourth-order valence-electron chi connectivity index (χ4n) is 16.7. The van der Waals surface area contributed by atoms with Crippen molar-refractivity contribution in [2.45, 2.75) is 137 Å². The zero-order valence-electron chi connectivity index (χ0n) is 73.6. The van der Waals surface area contributed by atoms with Crippen molar-refractivity contribution in [2.75, 3.05) is 5.32 Å². The molecule has 1 radical (unpaired) electrons. The number of nitrogens with one attached hydrogen (secondary N) is 1. The standard InChI is InChI=1S/C74H67N9O.C24H20B.3C3H6O.Cu.Fe.O/c1-42-16-19-54(75-36-42)39-83(40-55-20-17-43(2)37-76-55)41-56-21-18-53(38-77-56)74(84)82-58-15-13-12-14-57(58)70-59-22-24-61(78-59)71(67-47(6)30-44(3)31-48(67)7)63-26-28-65(80-63)73(69-51(10)34-46(5)35-52(69)11)66-29-27-64(81-66)72(62-25-23-60(70)79-62)68-49(8)32-45(4)33-50(68)9;1-5-13-21(14-6-1)25(22-15-7-2-8-16-22,23-17-9-3-10-18-23)24-19-11-4-12-20-24;3*1-3(2)4;;;/h12-38H,39-41H2,1-11H3,(H,82,84);1-20H;3*1-2H3;;;/q;-1;;;;+2;;-2. The maximum Gasteiger partial charge on any atom is 2.00 e. The Kier molecular flexibility index (Phi) is 33.3. The number of pyridine rings is 3.